The lowest BCUT2D eigenvalue weighted by Gasteiger charge is -2.00. The van der Waals surface area contributed by atoms with E-state index >= 15 is 0 Å². The molecule has 100 valence electrons. The minimum atomic E-state index is -1.12. The van der Waals surface area contributed by atoms with Crippen LogP contribution in [0.15, 0.2) is 58.8 Å². The highest BCUT2D eigenvalue weighted by Gasteiger charge is 2.10. The Morgan fingerprint density at radius 3 is 1.40 bits per heavy atom. The molecule has 0 aliphatic heterocycles. The zero-order valence-electron chi connectivity index (χ0n) is 10.2. The van der Waals surface area contributed by atoms with Crippen LogP contribution in [0.1, 0.15) is 20.7 Å². The second kappa shape index (κ2) is 5.75. The summed E-state index contributed by atoms with van der Waals surface area (Å²) in [4.78, 5) is 22.0. The summed E-state index contributed by atoms with van der Waals surface area (Å²) in [5, 5.41) is 25.7. The fraction of sp³-hybridized carbons (Fsp3) is 0. The van der Waals surface area contributed by atoms with Gasteiger partial charge in [0.1, 0.15) is 11.4 Å². The molecule has 0 fully saturated rings. The molecule has 2 N–H and O–H groups in total. The van der Waals surface area contributed by atoms with E-state index in [1.54, 1.807) is 24.3 Å². The number of nitrogens with zero attached hydrogens (tertiary/aromatic N) is 2. The minimum absolute atomic E-state index is 0.00376. The first kappa shape index (κ1) is 13.4. The maximum atomic E-state index is 11.0. The van der Waals surface area contributed by atoms with Gasteiger partial charge in [0.2, 0.25) is 0 Å². The highest BCUT2D eigenvalue weighted by Crippen LogP contribution is 2.24. The molecule has 2 rings (SSSR count). The van der Waals surface area contributed by atoms with Crippen molar-refractivity contribution in [1.29, 1.82) is 0 Å². The molecule has 0 aromatic heterocycles. The van der Waals surface area contributed by atoms with E-state index in [-0.39, 0.29) is 22.5 Å². The number of hydrogen-bond donors (Lipinski definition) is 2. The summed E-state index contributed by atoms with van der Waals surface area (Å²) in [7, 11) is 0. The van der Waals surface area contributed by atoms with Crippen molar-refractivity contribution in [3.63, 3.8) is 0 Å². The number of carboxylic acids is 2. The fourth-order valence-corrected chi connectivity index (χ4v) is 1.59. The van der Waals surface area contributed by atoms with Gasteiger partial charge in [-0.25, -0.2) is 9.59 Å². The normalized spacial score (nSPS) is 10.6. The molecule has 0 saturated heterocycles. The van der Waals surface area contributed by atoms with Crippen molar-refractivity contribution in [2.24, 2.45) is 10.2 Å². The maximum Gasteiger partial charge on any atom is 0.337 e. The largest absolute Gasteiger partial charge is 0.478 e. The van der Waals surface area contributed by atoms with Crippen molar-refractivity contribution < 1.29 is 19.8 Å². The number of carbonyl (C=O) groups is 2. The molecule has 6 heteroatoms. The van der Waals surface area contributed by atoms with E-state index < -0.39 is 11.9 Å². The number of benzene rings is 2. The van der Waals surface area contributed by atoms with Crippen LogP contribution in [0.2, 0.25) is 0 Å². The lowest BCUT2D eigenvalue weighted by atomic mass is 10.2. The summed E-state index contributed by atoms with van der Waals surface area (Å²) in [5.41, 5.74) is 0.341. The Kier molecular flexibility index (Phi) is 3.85. The zero-order chi connectivity index (χ0) is 14.5. The van der Waals surface area contributed by atoms with Gasteiger partial charge in [-0.2, -0.15) is 0 Å². The molecule has 0 amide bonds. The topological polar surface area (TPSA) is 99.3 Å². The van der Waals surface area contributed by atoms with Gasteiger partial charge in [0, 0.05) is 0 Å². The van der Waals surface area contributed by atoms with Gasteiger partial charge in [0.05, 0.1) is 11.1 Å². The van der Waals surface area contributed by atoms with E-state index in [0.717, 1.165) is 0 Å². The molecule has 0 bridgehead atoms. The van der Waals surface area contributed by atoms with Crippen molar-refractivity contribution in [3.05, 3.63) is 59.7 Å². The van der Waals surface area contributed by atoms with Gasteiger partial charge in [0.25, 0.3) is 0 Å². The van der Waals surface area contributed by atoms with Crippen LogP contribution < -0.4 is 0 Å². The van der Waals surface area contributed by atoms with E-state index in [4.69, 9.17) is 10.2 Å². The van der Waals surface area contributed by atoms with E-state index in [1.165, 1.54) is 24.3 Å². The fourth-order valence-electron chi connectivity index (χ4n) is 1.59. The van der Waals surface area contributed by atoms with Crippen molar-refractivity contribution in [2.75, 3.05) is 0 Å². The summed E-state index contributed by atoms with van der Waals surface area (Å²) in [6.07, 6.45) is 0. The summed E-state index contributed by atoms with van der Waals surface area (Å²) < 4.78 is 0. The second-order valence-corrected chi connectivity index (χ2v) is 3.84. The molecule has 2 aromatic carbocycles. The van der Waals surface area contributed by atoms with Gasteiger partial charge >= 0.3 is 11.9 Å². The lowest BCUT2D eigenvalue weighted by molar-refractivity contribution is 0.0686. The standard InChI is InChI=1S/C14H10N2O4/c17-13(18)9-5-1-3-7-11(9)15-16-12-8-4-2-6-10(12)14(19)20/h1-8H,(H,17,18)(H,19,20)/b16-15+. The molecule has 20 heavy (non-hydrogen) atoms. The van der Waals surface area contributed by atoms with E-state index in [1.807, 2.05) is 0 Å². The van der Waals surface area contributed by atoms with Crippen molar-refractivity contribution >= 4 is 23.3 Å². The average Bonchev–Trinajstić information content (AvgIpc) is 2.45. The minimum Gasteiger partial charge on any atom is -0.478 e. The average molecular weight is 270 g/mol. The predicted octanol–water partition coefficient (Wildman–Crippen LogP) is 3.50. The van der Waals surface area contributed by atoms with Gasteiger partial charge in [-0.3, -0.25) is 0 Å². The predicted molar refractivity (Wildman–Crippen MR) is 71.0 cm³/mol. The molecule has 6 nitrogen and oxygen atoms in total. The van der Waals surface area contributed by atoms with Crippen LogP contribution in [-0.2, 0) is 0 Å². The summed E-state index contributed by atoms with van der Waals surface area (Å²) in [6, 6.07) is 12.2. The molecular weight excluding hydrogens is 260 g/mol. The van der Waals surface area contributed by atoms with Gasteiger partial charge in [-0.1, -0.05) is 24.3 Å². The van der Waals surface area contributed by atoms with Crippen LogP contribution in [0.25, 0.3) is 0 Å². The first-order chi connectivity index (χ1) is 9.59. The quantitative estimate of drug-likeness (QED) is 0.830. The third kappa shape index (κ3) is 2.86. The molecule has 0 aliphatic carbocycles. The Morgan fingerprint density at radius 1 is 0.700 bits per heavy atom. The number of aromatic carboxylic acids is 2. The molecule has 0 aliphatic rings. The van der Waals surface area contributed by atoms with Crippen LogP contribution in [0.4, 0.5) is 11.4 Å². The summed E-state index contributed by atoms with van der Waals surface area (Å²) >= 11 is 0. The molecule has 0 saturated carbocycles. The Labute approximate surface area is 114 Å². The van der Waals surface area contributed by atoms with E-state index in [9.17, 15) is 9.59 Å². The third-order valence-corrected chi connectivity index (χ3v) is 2.53. The molecule has 0 heterocycles. The summed E-state index contributed by atoms with van der Waals surface area (Å²) in [6.45, 7) is 0. The number of carboxylic acid groups (broad SMARTS) is 2. The van der Waals surface area contributed by atoms with Crippen LogP contribution in [0, 0.1) is 0 Å². The van der Waals surface area contributed by atoms with E-state index in [2.05, 4.69) is 10.2 Å². The number of rotatable bonds is 4. The molecule has 2 aromatic rings. The molecule has 0 radical (unpaired) electrons. The molecule has 0 atom stereocenters. The number of hydrogen-bond acceptors (Lipinski definition) is 4. The van der Waals surface area contributed by atoms with Crippen LogP contribution in [-0.4, -0.2) is 22.2 Å². The lowest BCUT2D eigenvalue weighted by Crippen LogP contribution is -1.96. The van der Waals surface area contributed by atoms with Gasteiger partial charge in [-0.05, 0) is 24.3 Å². The first-order valence-corrected chi connectivity index (χ1v) is 5.66. The van der Waals surface area contributed by atoms with Crippen LogP contribution >= 0.6 is 0 Å². The Balaban J connectivity index is 2.40. The Bertz CT molecular complexity index is 636. The highest BCUT2D eigenvalue weighted by molar-refractivity contribution is 5.94. The second-order valence-electron chi connectivity index (χ2n) is 3.84. The van der Waals surface area contributed by atoms with Crippen LogP contribution in [0.5, 0.6) is 0 Å². The maximum absolute atomic E-state index is 11.0. The SMILES string of the molecule is O=C(O)c1ccccc1/N=N/c1ccccc1C(=O)O. The first-order valence-electron chi connectivity index (χ1n) is 5.66. The van der Waals surface area contributed by atoms with Crippen LogP contribution in [0.3, 0.4) is 0 Å². The van der Waals surface area contributed by atoms with Gasteiger partial charge in [-0.15, -0.1) is 10.2 Å². The van der Waals surface area contributed by atoms with Crippen molar-refractivity contribution in [2.45, 2.75) is 0 Å². The monoisotopic (exact) mass is 270 g/mol. The Hall–Kier alpha value is -3.02. The zero-order valence-corrected chi connectivity index (χ0v) is 10.2. The number of azo groups is 1. The summed E-state index contributed by atoms with van der Waals surface area (Å²) in [5.74, 6) is -2.24. The molecule has 0 unspecified atom stereocenters. The van der Waals surface area contributed by atoms with Gasteiger partial charge in [0.15, 0.2) is 0 Å². The van der Waals surface area contributed by atoms with Crippen molar-refractivity contribution in [1.82, 2.24) is 0 Å². The van der Waals surface area contributed by atoms with E-state index in [0.29, 0.717) is 0 Å². The molecule has 0 spiro atoms. The molecular formula is C14H10N2O4. The Morgan fingerprint density at radius 2 is 1.05 bits per heavy atom. The van der Waals surface area contributed by atoms with Gasteiger partial charge < -0.3 is 10.2 Å². The third-order valence-electron chi connectivity index (χ3n) is 2.53. The highest BCUT2D eigenvalue weighted by atomic mass is 16.4. The van der Waals surface area contributed by atoms with Crippen molar-refractivity contribution in [3.8, 4) is 0 Å². The smallest absolute Gasteiger partial charge is 0.337 e.